The molecule has 3 atom stereocenters. The highest BCUT2D eigenvalue weighted by molar-refractivity contribution is 14.1. The number of benzene rings is 1. The number of azo groups is 1. The summed E-state index contributed by atoms with van der Waals surface area (Å²) in [4.78, 5) is 11.1. The summed E-state index contributed by atoms with van der Waals surface area (Å²) in [6, 6.07) is 7.56. The first-order valence-corrected chi connectivity index (χ1v) is 6.12. The molecule has 84 valence electrons. The minimum Gasteiger partial charge on any atom is -0.368 e. The molecule has 1 heterocycles. The fourth-order valence-corrected chi connectivity index (χ4v) is 2.23. The summed E-state index contributed by atoms with van der Waals surface area (Å²) in [5.74, 6) is -0.359. The largest absolute Gasteiger partial charge is 0.368 e. The molecule has 0 fully saturated rings. The Morgan fingerprint density at radius 2 is 1.94 bits per heavy atom. The monoisotopic (exact) mass is 329 g/mol. The Morgan fingerprint density at radius 3 is 2.44 bits per heavy atom. The molecule has 1 aliphatic rings. The van der Waals surface area contributed by atoms with E-state index in [0.717, 1.165) is 5.56 Å². The van der Waals surface area contributed by atoms with Crippen LogP contribution in [0, 0.1) is 9.49 Å². The number of rotatable bonds is 2. The molecule has 0 radical (unpaired) electrons. The average molecular weight is 329 g/mol. The standard InChI is InChI=1S/C11H12IN3O/c1-6-9(14-15-10(6)11(13)16)7-2-4-8(12)5-3-7/h2-6,9-10H,1H3,(H2,13,16). The number of halogens is 1. The highest BCUT2D eigenvalue weighted by atomic mass is 127. The van der Waals surface area contributed by atoms with Crippen molar-refractivity contribution in [1.29, 1.82) is 0 Å². The van der Waals surface area contributed by atoms with Crippen LogP contribution in [-0.2, 0) is 4.79 Å². The van der Waals surface area contributed by atoms with Crippen molar-refractivity contribution >= 4 is 28.5 Å². The minimum atomic E-state index is -0.482. The summed E-state index contributed by atoms with van der Waals surface area (Å²) >= 11 is 2.25. The molecular formula is C11H12IN3O. The summed E-state index contributed by atoms with van der Waals surface area (Å²) < 4.78 is 1.18. The summed E-state index contributed by atoms with van der Waals surface area (Å²) in [7, 11) is 0. The van der Waals surface area contributed by atoms with Crippen molar-refractivity contribution in [2.45, 2.75) is 19.0 Å². The van der Waals surface area contributed by atoms with E-state index in [1.807, 2.05) is 31.2 Å². The van der Waals surface area contributed by atoms with Gasteiger partial charge in [0, 0.05) is 9.49 Å². The van der Waals surface area contributed by atoms with E-state index >= 15 is 0 Å². The van der Waals surface area contributed by atoms with Crippen LogP contribution in [0.15, 0.2) is 34.5 Å². The quantitative estimate of drug-likeness (QED) is 0.831. The molecule has 0 spiro atoms. The molecule has 0 saturated heterocycles. The van der Waals surface area contributed by atoms with Gasteiger partial charge in [0.1, 0.15) is 6.04 Å². The predicted octanol–water partition coefficient (Wildman–Crippen LogP) is 2.29. The fourth-order valence-electron chi connectivity index (χ4n) is 1.87. The Kier molecular flexibility index (Phi) is 3.22. The Morgan fingerprint density at radius 1 is 1.31 bits per heavy atom. The fraction of sp³-hybridized carbons (Fsp3) is 0.364. The van der Waals surface area contributed by atoms with Crippen LogP contribution in [0.5, 0.6) is 0 Å². The molecule has 4 nitrogen and oxygen atoms in total. The average Bonchev–Trinajstić information content (AvgIpc) is 2.61. The number of carbonyl (C=O) groups is 1. The van der Waals surface area contributed by atoms with Gasteiger partial charge in [0.2, 0.25) is 5.91 Å². The van der Waals surface area contributed by atoms with E-state index in [9.17, 15) is 4.79 Å². The van der Waals surface area contributed by atoms with Crippen molar-refractivity contribution in [3.8, 4) is 0 Å². The highest BCUT2D eigenvalue weighted by Crippen LogP contribution is 2.35. The normalized spacial score (nSPS) is 28.2. The molecule has 0 saturated carbocycles. The van der Waals surface area contributed by atoms with Gasteiger partial charge in [0.15, 0.2) is 6.04 Å². The van der Waals surface area contributed by atoms with Gasteiger partial charge in [0.25, 0.3) is 0 Å². The molecule has 3 unspecified atom stereocenters. The van der Waals surface area contributed by atoms with Crippen molar-refractivity contribution < 1.29 is 4.79 Å². The van der Waals surface area contributed by atoms with Gasteiger partial charge in [-0.05, 0) is 40.3 Å². The van der Waals surface area contributed by atoms with Crippen LogP contribution in [0.3, 0.4) is 0 Å². The molecule has 1 aromatic carbocycles. The number of carbonyl (C=O) groups excluding carboxylic acids is 1. The molecule has 5 heteroatoms. The van der Waals surface area contributed by atoms with E-state index in [2.05, 4.69) is 32.8 Å². The second-order valence-corrected chi connectivity index (χ2v) is 5.18. The van der Waals surface area contributed by atoms with Gasteiger partial charge >= 0.3 is 0 Å². The number of primary amides is 1. The minimum absolute atomic E-state index is 0.0394. The van der Waals surface area contributed by atoms with E-state index < -0.39 is 11.9 Å². The molecule has 2 N–H and O–H groups in total. The zero-order valence-corrected chi connectivity index (χ0v) is 11.0. The summed E-state index contributed by atoms with van der Waals surface area (Å²) in [5, 5.41) is 8.09. The molecule has 0 bridgehead atoms. The lowest BCUT2D eigenvalue weighted by molar-refractivity contribution is -0.119. The van der Waals surface area contributed by atoms with Gasteiger partial charge in [-0.25, -0.2) is 0 Å². The van der Waals surface area contributed by atoms with Crippen molar-refractivity contribution in [3.63, 3.8) is 0 Å². The molecule has 16 heavy (non-hydrogen) atoms. The molecule has 2 rings (SSSR count). The third-order valence-corrected chi connectivity index (χ3v) is 3.53. The smallest absolute Gasteiger partial charge is 0.244 e. The molecule has 1 amide bonds. The molecule has 1 aliphatic heterocycles. The van der Waals surface area contributed by atoms with Gasteiger partial charge in [-0.15, -0.1) is 0 Å². The SMILES string of the molecule is CC1C(C(N)=O)N=NC1c1ccc(I)cc1. The third-order valence-electron chi connectivity index (χ3n) is 2.81. The van der Waals surface area contributed by atoms with Crippen LogP contribution in [0.25, 0.3) is 0 Å². The van der Waals surface area contributed by atoms with E-state index in [4.69, 9.17) is 5.73 Å². The first-order valence-electron chi connectivity index (χ1n) is 5.04. The summed E-state index contributed by atoms with van der Waals surface area (Å²) in [6.07, 6.45) is 0. The van der Waals surface area contributed by atoms with Crippen LogP contribution in [0.4, 0.5) is 0 Å². The molecule has 0 aliphatic carbocycles. The highest BCUT2D eigenvalue weighted by Gasteiger charge is 2.35. The first-order chi connectivity index (χ1) is 7.59. The Bertz CT molecular complexity index is 429. The van der Waals surface area contributed by atoms with Crippen LogP contribution in [-0.4, -0.2) is 11.9 Å². The van der Waals surface area contributed by atoms with Crippen LogP contribution >= 0.6 is 22.6 Å². The number of amides is 1. The second kappa shape index (κ2) is 4.48. The first kappa shape index (κ1) is 11.5. The predicted molar refractivity (Wildman–Crippen MR) is 68.9 cm³/mol. The molecular weight excluding hydrogens is 317 g/mol. The van der Waals surface area contributed by atoms with Gasteiger partial charge in [-0.2, -0.15) is 10.2 Å². The number of hydrogen-bond acceptors (Lipinski definition) is 3. The Hall–Kier alpha value is -0.980. The van der Waals surface area contributed by atoms with Crippen molar-refractivity contribution in [2.75, 3.05) is 0 Å². The van der Waals surface area contributed by atoms with Crippen LogP contribution in [0.2, 0.25) is 0 Å². The Labute approximate surface area is 107 Å². The molecule has 0 aromatic heterocycles. The number of nitrogens with zero attached hydrogens (tertiary/aromatic N) is 2. The van der Waals surface area contributed by atoms with Gasteiger partial charge in [-0.3, -0.25) is 4.79 Å². The zero-order valence-electron chi connectivity index (χ0n) is 8.80. The maximum Gasteiger partial charge on any atom is 0.244 e. The summed E-state index contributed by atoms with van der Waals surface area (Å²) in [5.41, 5.74) is 6.34. The second-order valence-electron chi connectivity index (χ2n) is 3.93. The maximum atomic E-state index is 11.1. The lowest BCUT2D eigenvalue weighted by Gasteiger charge is -2.15. The van der Waals surface area contributed by atoms with Gasteiger partial charge in [0.05, 0.1) is 0 Å². The van der Waals surface area contributed by atoms with Crippen LogP contribution < -0.4 is 5.73 Å². The lowest BCUT2D eigenvalue weighted by Crippen LogP contribution is -2.31. The zero-order chi connectivity index (χ0) is 11.7. The van der Waals surface area contributed by atoms with Crippen LogP contribution in [0.1, 0.15) is 18.5 Å². The third kappa shape index (κ3) is 2.09. The number of nitrogens with two attached hydrogens (primary N) is 1. The van der Waals surface area contributed by atoms with E-state index in [0.29, 0.717) is 0 Å². The molecule has 1 aromatic rings. The van der Waals surface area contributed by atoms with E-state index in [1.165, 1.54) is 3.57 Å². The van der Waals surface area contributed by atoms with E-state index in [1.54, 1.807) is 0 Å². The summed E-state index contributed by atoms with van der Waals surface area (Å²) in [6.45, 7) is 1.96. The lowest BCUT2D eigenvalue weighted by atomic mass is 9.91. The van der Waals surface area contributed by atoms with Crippen molar-refractivity contribution in [2.24, 2.45) is 21.9 Å². The van der Waals surface area contributed by atoms with E-state index in [-0.39, 0.29) is 12.0 Å². The van der Waals surface area contributed by atoms with Gasteiger partial charge in [-0.1, -0.05) is 19.1 Å². The maximum absolute atomic E-state index is 11.1. The van der Waals surface area contributed by atoms with Gasteiger partial charge < -0.3 is 5.73 Å². The van der Waals surface area contributed by atoms with Crippen molar-refractivity contribution in [1.82, 2.24) is 0 Å². The topological polar surface area (TPSA) is 67.8 Å². The number of hydrogen-bond donors (Lipinski definition) is 1. The van der Waals surface area contributed by atoms with Crippen molar-refractivity contribution in [3.05, 3.63) is 33.4 Å². The Balaban J connectivity index is 2.22.